The van der Waals surface area contributed by atoms with E-state index in [0.29, 0.717) is 22.9 Å². The Labute approximate surface area is 134 Å². The molecule has 1 heterocycles. The highest BCUT2D eigenvalue weighted by atomic mass is 35.5. The van der Waals surface area contributed by atoms with Gasteiger partial charge in [0.2, 0.25) is 0 Å². The highest BCUT2D eigenvalue weighted by Gasteiger charge is 2.18. The summed E-state index contributed by atoms with van der Waals surface area (Å²) in [4.78, 5) is 37.0. The Morgan fingerprint density at radius 1 is 1.30 bits per heavy atom. The molecule has 2 aromatic rings. The summed E-state index contributed by atoms with van der Waals surface area (Å²) in [5.74, 6) is 0.517. The molecule has 0 bridgehead atoms. The van der Waals surface area contributed by atoms with Gasteiger partial charge in [0.15, 0.2) is 0 Å². The van der Waals surface area contributed by atoms with Gasteiger partial charge in [-0.05, 0) is 37.3 Å². The van der Waals surface area contributed by atoms with Gasteiger partial charge in [-0.3, -0.25) is 19.9 Å². The predicted octanol–water partition coefficient (Wildman–Crippen LogP) is 2.19. The van der Waals surface area contributed by atoms with E-state index in [9.17, 15) is 19.7 Å². The third-order valence-electron chi connectivity index (χ3n) is 2.83. The second-order valence-corrected chi connectivity index (χ2v) is 4.81. The molecule has 0 radical (unpaired) electrons. The SMILES string of the molecule is CCOc1ccc(Cl)cc1/C=C\c1[nH]c(=O)[nH]c(=O)c1[N+](=O)[O-]. The van der Waals surface area contributed by atoms with E-state index in [0.717, 1.165) is 0 Å². The van der Waals surface area contributed by atoms with Gasteiger partial charge in [0.05, 0.1) is 11.5 Å². The van der Waals surface area contributed by atoms with E-state index in [1.165, 1.54) is 12.2 Å². The summed E-state index contributed by atoms with van der Waals surface area (Å²) < 4.78 is 5.42. The lowest BCUT2D eigenvalue weighted by molar-refractivity contribution is -0.386. The Morgan fingerprint density at radius 3 is 2.70 bits per heavy atom. The molecule has 0 saturated carbocycles. The number of nitrogens with zero attached hydrogens (tertiary/aromatic N) is 1. The van der Waals surface area contributed by atoms with Crippen LogP contribution in [-0.2, 0) is 0 Å². The van der Waals surface area contributed by atoms with Crippen LogP contribution in [0.2, 0.25) is 5.02 Å². The molecule has 2 N–H and O–H groups in total. The summed E-state index contributed by atoms with van der Waals surface area (Å²) in [6, 6.07) is 4.89. The van der Waals surface area contributed by atoms with Crippen LogP contribution < -0.4 is 16.0 Å². The van der Waals surface area contributed by atoms with E-state index >= 15 is 0 Å². The molecule has 0 fully saturated rings. The molecule has 0 aliphatic rings. The summed E-state index contributed by atoms with van der Waals surface area (Å²) in [6.45, 7) is 2.23. The summed E-state index contributed by atoms with van der Waals surface area (Å²) in [5.41, 5.74) is -2.33. The van der Waals surface area contributed by atoms with E-state index in [1.807, 2.05) is 4.98 Å². The van der Waals surface area contributed by atoms with Crippen molar-refractivity contribution in [3.8, 4) is 5.75 Å². The zero-order valence-corrected chi connectivity index (χ0v) is 12.7. The molecule has 2 rings (SSSR count). The zero-order chi connectivity index (χ0) is 17.0. The van der Waals surface area contributed by atoms with Crippen molar-refractivity contribution in [2.45, 2.75) is 6.92 Å². The first-order valence-corrected chi connectivity index (χ1v) is 6.91. The van der Waals surface area contributed by atoms with Gasteiger partial charge in [-0.25, -0.2) is 4.79 Å². The molecule has 0 atom stereocenters. The number of nitrogens with one attached hydrogen (secondary N) is 2. The molecule has 1 aromatic carbocycles. The monoisotopic (exact) mass is 337 g/mol. The minimum atomic E-state index is -1.07. The van der Waals surface area contributed by atoms with Crippen LogP contribution in [0.25, 0.3) is 12.2 Å². The Kier molecular flexibility index (Phi) is 4.97. The average Bonchev–Trinajstić information content (AvgIpc) is 2.46. The maximum absolute atomic E-state index is 11.5. The van der Waals surface area contributed by atoms with Crippen LogP contribution in [0.1, 0.15) is 18.2 Å². The third-order valence-corrected chi connectivity index (χ3v) is 3.06. The number of aromatic amines is 2. The largest absolute Gasteiger partial charge is 0.493 e. The molecule has 0 amide bonds. The van der Waals surface area contributed by atoms with Gasteiger partial charge in [0, 0.05) is 10.6 Å². The summed E-state index contributed by atoms with van der Waals surface area (Å²) >= 11 is 5.92. The van der Waals surface area contributed by atoms with Crippen LogP contribution in [0, 0.1) is 10.1 Å². The molecule has 1 aromatic heterocycles. The lowest BCUT2D eigenvalue weighted by atomic mass is 10.1. The van der Waals surface area contributed by atoms with Crippen molar-refractivity contribution in [1.29, 1.82) is 0 Å². The number of aromatic nitrogens is 2. The highest BCUT2D eigenvalue weighted by Crippen LogP contribution is 2.25. The second kappa shape index (κ2) is 6.93. The third kappa shape index (κ3) is 3.86. The first-order valence-electron chi connectivity index (χ1n) is 6.53. The molecular formula is C14H12ClN3O5. The average molecular weight is 338 g/mol. The first-order chi connectivity index (χ1) is 10.9. The maximum Gasteiger partial charge on any atom is 0.357 e. The molecule has 8 nitrogen and oxygen atoms in total. The summed E-state index contributed by atoms with van der Waals surface area (Å²) in [6.07, 6.45) is 2.72. The quantitative estimate of drug-likeness (QED) is 0.640. The standard InChI is InChI=1S/C14H12ClN3O5/c1-2-23-11-6-4-9(15)7-8(11)3-5-10-12(18(21)22)13(19)17-14(20)16-10/h3-7H,2H2,1H3,(H2,16,17,19,20)/b5-3-. The van der Waals surface area contributed by atoms with Crippen molar-refractivity contribution in [3.63, 3.8) is 0 Å². The van der Waals surface area contributed by atoms with E-state index in [2.05, 4.69) is 4.98 Å². The topological polar surface area (TPSA) is 118 Å². The van der Waals surface area contributed by atoms with Gasteiger partial charge in [-0.15, -0.1) is 0 Å². The molecule has 0 unspecified atom stereocenters. The van der Waals surface area contributed by atoms with Crippen molar-refractivity contribution >= 4 is 29.4 Å². The molecular weight excluding hydrogens is 326 g/mol. The van der Waals surface area contributed by atoms with E-state index in [1.54, 1.807) is 25.1 Å². The van der Waals surface area contributed by atoms with Gasteiger partial charge in [-0.1, -0.05) is 11.6 Å². The van der Waals surface area contributed by atoms with Gasteiger partial charge >= 0.3 is 16.9 Å². The van der Waals surface area contributed by atoms with Crippen molar-refractivity contribution in [2.75, 3.05) is 6.61 Å². The zero-order valence-electron chi connectivity index (χ0n) is 12.0. The fourth-order valence-electron chi connectivity index (χ4n) is 1.91. The van der Waals surface area contributed by atoms with Gasteiger partial charge in [0.1, 0.15) is 11.4 Å². The van der Waals surface area contributed by atoms with Crippen molar-refractivity contribution in [3.05, 3.63) is 65.4 Å². The Morgan fingerprint density at radius 2 is 2.04 bits per heavy atom. The maximum atomic E-state index is 11.5. The lowest BCUT2D eigenvalue weighted by Crippen LogP contribution is -2.25. The van der Waals surface area contributed by atoms with E-state index in [-0.39, 0.29) is 5.69 Å². The Balaban J connectivity index is 2.53. The molecule has 9 heteroatoms. The van der Waals surface area contributed by atoms with Crippen LogP contribution in [0.3, 0.4) is 0 Å². The highest BCUT2D eigenvalue weighted by molar-refractivity contribution is 6.30. The van der Waals surface area contributed by atoms with Crippen molar-refractivity contribution in [2.24, 2.45) is 0 Å². The number of ether oxygens (including phenoxy) is 1. The van der Waals surface area contributed by atoms with Crippen molar-refractivity contribution in [1.82, 2.24) is 9.97 Å². The van der Waals surface area contributed by atoms with E-state index in [4.69, 9.17) is 16.3 Å². The lowest BCUT2D eigenvalue weighted by Gasteiger charge is -2.07. The van der Waals surface area contributed by atoms with Crippen LogP contribution in [0.5, 0.6) is 5.75 Å². The smallest absolute Gasteiger partial charge is 0.357 e. The van der Waals surface area contributed by atoms with Crippen LogP contribution >= 0.6 is 11.6 Å². The molecule has 0 saturated heterocycles. The Bertz CT molecular complexity index is 885. The molecule has 0 aliphatic heterocycles. The van der Waals surface area contributed by atoms with Crippen LogP contribution in [0.4, 0.5) is 5.69 Å². The normalized spacial score (nSPS) is 10.9. The number of H-pyrrole nitrogens is 2. The minimum absolute atomic E-state index is 0.217. The van der Waals surface area contributed by atoms with Gasteiger partial charge in [-0.2, -0.15) is 0 Å². The molecule has 0 aliphatic carbocycles. The number of hydrogen-bond acceptors (Lipinski definition) is 5. The molecule has 23 heavy (non-hydrogen) atoms. The number of nitro groups is 1. The fourth-order valence-corrected chi connectivity index (χ4v) is 2.09. The fraction of sp³-hybridized carbons (Fsp3) is 0.143. The number of hydrogen-bond donors (Lipinski definition) is 2. The minimum Gasteiger partial charge on any atom is -0.493 e. The molecule has 0 spiro atoms. The number of benzene rings is 1. The number of halogens is 1. The van der Waals surface area contributed by atoms with E-state index < -0.39 is 21.9 Å². The second-order valence-electron chi connectivity index (χ2n) is 4.38. The Hall–Kier alpha value is -2.87. The van der Waals surface area contributed by atoms with Crippen molar-refractivity contribution < 1.29 is 9.66 Å². The number of rotatable bonds is 5. The van der Waals surface area contributed by atoms with Gasteiger partial charge in [0.25, 0.3) is 0 Å². The summed E-state index contributed by atoms with van der Waals surface area (Å²) in [7, 11) is 0. The van der Waals surface area contributed by atoms with Crippen LogP contribution in [0.15, 0.2) is 27.8 Å². The molecule has 120 valence electrons. The van der Waals surface area contributed by atoms with Gasteiger partial charge < -0.3 is 9.72 Å². The summed E-state index contributed by atoms with van der Waals surface area (Å²) in [5, 5.41) is 11.4. The predicted molar refractivity (Wildman–Crippen MR) is 85.9 cm³/mol. The first kappa shape index (κ1) is 16.5. The van der Waals surface area contributed by atoms with Crippen LogP contribution in [-0.4, -0.2) is 21.5 Å².